The van der Waals surface area contributed by atoms with Crippen molar-refractivity contribution in [2.45, 2.75) is 76.5 Å². The van der Waals surface area contributed by atoms with E-state index in [1.807, 2.05) is 0 Å². The fraction of sp³-hybridized carbons (Fsp3) is 0.882. The zero-order valence-electron chi connectivity index (χ0n) is 13.5. The summed E-state index contributed by atoms with van der Waals surface area (Å²) in [5.74, 6) is 3.24. The molecule has 2 fully saturated rings. The maximum absolute atomic E-state index is 5.73. The zero-order chi connectivity index (χ0) is 14.7. The lowest BCUT2D eigenvalue weighted by Gasteiger charge is -2.26. The van der Waals surface area contributed by atoms with Gasteiger partial charge in [0.25, 0.3) is 0 Å². The molecule has 4 heteroatoms. The number of rotatable bonds is 5. The number of nitrogens with one attached hydrogen (secondary N) is 1. The Morgan fingerprint density at radius 2 is 2.24 bits per heavy atom. The van der Waals surface area contributed by atoms with E-state index < -0.39 is 0 Å². The first-order valence-corrected chi connectivity index (χ1v) is 8.82. The summed E-state index contributed by atoms with van der Waals surface area (Å²) in [7, 11) is 0. The molecule has 118 valence electrons. The monoisotopic (exact) mass is 291 g/mol. The molecule has 1 aliphatic carbocycles. The van der Waals surface area contributed by atoms with Crippen LogP contribution in [-0.4, -0.2) is 23.2 Å². The molecule has 1 aromatic rings. The maximum Gasteiger partial charge on any atom is 0.234 e. The first-order valence-electron chi connectivity index (χ1n) is 8.82. The van der Waals surface area contributed by atoms with Crippen LogP contribution in [0.3, 0.4) is 0 Å². The summed E-state index contributed by atoms with van der Waals surface area (Å²) in [6.45, 7) is 6.60. The molecule has 0 radical (unpaired) electrons. The van der Waals surface area contributed by atoms with E-state index in [1.54, 1.807) is 0 Å². The molecule has 2 heterocycles. The SMILES string of the molecule is CCCC1(c2nc(C3CCCC(CC)C3)no2)CCNC1. The summed E-state index contributed by atoms with van der Waals surface area (Å²) in [4.78, 5) is 4.86. The third-order valence-electron chi connectivity index (χ3n) is 5.59. The van der Waals surface area contributed by atoms with Gasteiger partial charge in [-0.3, -0.25) is 0 Å². The molecule has 3 rings (SSSR count). The Balaban J connectivity index is 1.76. The van der Waals surface area contributed by atoms with Gasteiger partial charge in [0, 0.05) is 12.5 Å². The summed E-state index contributed by atoms with van der Waals surface area (Å²) in [5.41, 5.74) is 0.0961. The minimum absolute atomic E-state index is 0.0961. The van der Waals surface area contributed by atoms with E-state index in [0.29, 0.717) is 5.92 Å². The fourth-order valence-corrected chi connectivity index (χ4v) is 4.24. The van der Waals surface area contributed by atoms with E-state index in [1.165, 1.54) is 38.5 Å². The number of hydrogen-bond acceptors (Lipinski definition) is 4. The van der Waals surface area contributed by atoms with Gasteiger partial charge in [0.05, 0.1) is 5.41 Å². The minimum Gasteiger partial charge on any atom is -0.339 e. The van der Waals surface area contributed by atoms with Gasteiger partial charge in [-0.05, 0) is 38.1 Å². The van der Waals surface area contributed by atoms with E-state index in [2.05, 4.69) is 24.3 Å². The first-order chi connectivity index (χ1) is 10.3. The van der Waals surface area contributed by atoms with Crippen LogP contribution < -0.4 is 5.32 Å². The van der Waals surface area contributed by atoms with Crippen LogP contribution in [0.5, 0.6) is 0 Å². The Hall–Kier alpha value is -0.900. The van der Waals surface area contributed by atoms with Crippen LogP contribution >= 0.6 is 0 Å². The Bertz CT molecular complexity index is 451. The number of nitrogens with zero attached hydrogens (tertiary/aromatic N) is 2. The molecule has 4 nitrogen and oxygen atoms in total. The smallest absolute Gasteiger partial charge is 0.234 e. The largest absolute Gasteiger partial charge is 0.339 e. The average Bonchev–Trinajstić information content (AvgIpc) is 3.17. The van der Waals surface area contributed by atoms with Gasteiger partial charge in [-0.1, -0.05) is 44.7 Å². The molecular weight excluding hydrogens is 262 g/mol. The van der Waals surface area contributed by atoms with Crippen molar-refractivity contribution >= 4 is 0 Å². The van der Waals surface area contributed by atoms with Crippen molar-refractivity contribution in [3.05, 3.63) is 11.7 Å². The lowest BCUT2D eigenvalue weighted by Crippen LogP contribution is -2.29. The van der Waals surface area contributed by atoms with Crippen molar-refractivity contribution < 1.29 is 4.52 Å². The highest BCUT2D eigenvalue weighted by atomic mass is 16.5. The summed E-state index contributed by atoms with van der Waals surface area (Å²) in [6, 6.07) is 0. The van der Waals surface area contributed by atoms with E-state index in [9.17, 15) is 0 Å². The Morgan fingerprint density at radius 1 is 1.33 bits per heavy atom. The average molecular weight is 291 g/mol. The highest BCUT2D eigenvalue weighted by molar-refractivity contribution is 5.11. The van der Waals surface area contributed by atoms with E-state index in [0.717, 1.165) is 43.6 Å². The van der Waals surface area contributed by atoms with Crippen LogP contribution in [0, 0.1) is 5.92 Å². The summed E-state index contributed by atoms with van der Waals surface area (Å²) >= 11 is 0. The van der Waals surface area contributed by atoms with Crippen LogP contribution in [0.1, 0.15) is 82.8 Å². The standard InChI is InChI=1S/C17H29N3O/c1-3-8-17(9-10-18-12-17)16-19-15(20-21-16)14-7-5-6-13(4-2)11-14/h13-14,18H,3-12H2,1-2H3. The van der Waals surface area contributed by atoms with Crippen molar-refractivity contribution in [1.82, 2.24) is 15.5 Å². The fourth-order valence-electron chi connectivity index (χ4n) is 4.24. The zero-order valence-corrected chi connectivity index (χ0v) is 13.5. The molecule has 1 saturated carbocycles. The van der Waals surface area contributed by atoms with Gasteiger partial charge < -0.3 is 9.84 Å². The molecule has 0 aromatic carbocycles. The van der Waals surface area contributed by atoms with Gasteiger partial charge in [-0.25, -0.2) is 0 Å². The number of hydrogen-bond donors (Lipinski definition) is 1. The second-order valence-electron chi connectivity index (χ2n) is 7.05. The van der Waals surface area contributed by atoms with Crippen LogP contribution in [0.25, 0.3) is 0 Å². The Labute approximate surface area is 128 Å². The molecule has 21 heavy (non-hydrogen) atoms. The minimum atomic E-state index is 0.0961. The van der Waals surface area contributed by atoms with Crippen LogP contribution in [0.15, 0.2) is 4.52 Å². The molecule has 2 aliphatic rings. The summed E-state index contributed by atoms with van der Waals surface area (Å²) in [5, 5.41) is 7.84. The van der Waals surface area contributed by atoms with Crippen molar-refractivity contribution in [2.24, 2.45) is 5.92 Å². The van der Waals surface area contributed by atoms with E-state index >= 15 is 0 Å². The van der Waals surface area contributed by atoms with Gasteiger partial charge >= 0.3 is 0 Å². The van der Waals surface area contributed by atoms with Gasteiger partial charge in [-0.15, -0.1) is 0 Å². The summed E-state index contributed by atoms with van der Waals surface area (Å²) < 4.78 is 5.73. The van der Waals surface area contributed by atoms with Crippen LogP contribution in [0.4, 0.5) is 0 Å². The molecule has 1 aliphatic heterocycles. The highest BCUT2D eigenvalue weighted by Crippen LogP contribution is 2.39. The van der Waals surface area contributed by atoms with Crippen molar-refractivity contribution in [2.75, 3.05) is 13.1 Å². The van der Waals surface area contributed by atoms with Gasteiger partial charge in [0.1, 0.15) is 0 Å². The predicted octanol–water partition coefficient (Wildman–Crippen LogP) is 3.78. The predicted molar refractivity (Wildman–Crippen MR) is 83.4 cm³/mol. The van der Waals surface area contributed by atoms with E-state index in [-0.39, 0.29) is 5.41 Å². The molecule has 0 amide bonds. The molecule has 1 N–H and O–H groups in total. The molecule has 0 bridgehead atoms. The number of aromatic nitrogens is 2. The molecule has 0 spiro atoms. The quantitative estimate of drug-likeness (QED) is 0.897. The summed E-state index contributed by atoms with van der Waals surface area (Å²) in [6.07, 6.45) is 9.89. The lowest BCUT2D eigenvalue weighted by molar-refractivity contribution is 0.270. The molecule has 3 atom stereocenters. The molecular formula is C17H29N3O. The van der Waals surface area contributed by atoms with Crippen LogP contribution in [-0.2, 0) is 5.41 Å². The third-order valence-corrected chi connectivity index (χ3v) is 5.59. The second-order valence-corrected chi connectivity index (χ2v) is 7.05. The van der Waals surface area contributed by atoms with Gasteiger partial charge in [0.2, 0.25) is 5.89 Å². The Morgan fingerprint density at radius 3 is 2.95 bits per heavy atom. The normalized spacial score (nSPS) is 33.4. The third kappa shape index (κ3) is 3.01. The maximum atomic E-state index is 5.73. The lowest BCUT2D eigenvalue weighted by atomic mass is 9.79. The van der Waals surface area contributed by atoms with Crippen molar-refractivity contribution in [3.63, 3.8) is 0 Å². The first kappa shape index (κ1) is 15.0. The van der Waals surface area contributed by atoms with Crippen molar-refractivity contribution in [3.8, 4) is 0 Å². The van der Waals surface area contributed by atoms with E-state index in [4.69, 9.17) is 9.51 Å². The topological polar surface area (TPSA) is 51.0 Å². The van der Waals surface area contributed by atoms with Crippen molar-refractivity contribution in [1.29, 1.82) is 0 Å². The second kappa shape index (κ2) is 6.47. The molecule has 1 aromatic heterocycles. The highest BCUT2D eigenvalue weighted by Gasteiger charge is 2.40. The Kier molecular flexibility index (Phi) is 4.63. The molecule has 1 saturated heterocycles. The van der Waals surface area contributed by atoms with Gasteiger partial charge in [0.15, 0.2) is 5.82 Å². The van der Waals surface area contributed by atoms with Crippen LogP contribution in [0.2, 0.25) is 0 Å². The molecule has 3 unspecified atom stereocenters. The van der Waals surface area contributed by atoms with Gasteiger partial charge in [-0.2, -0.15) is 4.98 Å².